The highest BCUT2D eigenvalue weighted by Crippen LogP contribution is 2.40. The fourth-order valence-corrected chi connectivity index (χ4v) is 0.725. The average molecular weight is 175 g/mol. The second-order valence-corrected chi connectivity index (χ2v) is 3.38. The SMILES string of the molecule is CC(C)C(F)(F)C(C)(F)Cl. The van der Waals surface area contributed by atoms with Crippen LogP contribution in [0.1, 0.15) is 20.8 Å². The molecule has 0 heterocycles. The molecule has 0 spiro atoms. The Bertz CT molecular complexity index is 115. The Labute approximate surface area is 63.4 Å². The first-order valence-electron chi connectivity index (χ1n) is 2.95. The van der Waals surface area contributed by atoms with Gasteiger partial charge in [-0.15, -0.1) is 0 Å². The van der Waals surface area contributed by atoms with Crippen LogP contribution in [0, 0.1) is 5.92 Å². The smallest absolute Gasteiger partial charge is 0.220 e. The fraction of sp³-hybridized carbons (Fsp3) is 1.00. The summed E-state index contributed by atoms with van der Waals surface area (Å²) in [7, 11) is 0. The van der Waals surface area contributed by atoms with Gasteiger partial charge in [0, 0.05) is 5.92 Å². The molecule has 0 aliphatic rings. The van der Waals surface area contributed by atoms with Gasteiger partial charge in [-0.05, 0) is 6.92 Å². The summed E-state index contributed by atoms with van der Waals surface area (Å²) < 4.78 is 37.5. The second kappa shape index (κ2) is 2.61. The first-order valence-corrected chi connectivity index (χ1v) is 3.33. The van der Waals surface area contributed by atoms with Crippen LogP contribution in [-0.4, -0.2) is 11.1 Å². The van der Waals surface area contributed by atoms with Crippen LogP contribution in [-0.2, 0) is 0 Å². The van der Waals surface area contributed by atoms with Crippen molar-refractivity contribution < 1.29 is 13.2 Å². The topological polar surface area (TPSA) is 0 Å². The minimum absolute atomic E-state index is 0.661. The van der Waals surface area contributed by atoms with Gasteiger partial charge in [0.1, 0.15) is 0 Å². The molecular weight excluding hydrogens is 165 g/mol. The Balaban J connectivity index is 4.40. The maximum atomic E-state index is 12.5. The van der Waals surface area contributed by atoms with Gasteiger partial charge in [-0.1, -0.05) is 25.4 Å². The van der Waals surface area contributed by atoms with Crippen LogP contribution < -0.4 is 0 Å². The molecule has 0 aliphatic heterocycles. The highest BCUT2D eigenvalue weighted by molar-refractivity contribution is 6.23. The van der Waals surface area contributed by atoms with Gasteiger partial charge >= 0.3 is 0 Å². The van der Waals surface area contributed by atoms with E-state index in [1.54, 1.807) is 0 Å². The molecule has 0 aromatic heterocycles. The molecule has 0 saturated carbocycles. The van der Waals surface area contributed by atoms with Crippen molar-refractivity contribution in [2.24, 2.45) is 5.92 Å². The molecule has 1 atom stereocenters. The van der Waals surface area contributed by atoms with Gasteiger partial charge < -0.3 is 0 Å². The lowest BCUT2D eigenvalue weighted by atomic mass is 10.0. The van der Waals surface area contributed by atoms with Crippen LogP contribution in [0.5, 0.6) is 0 Å². The van der Waals surface area contributed by atoms with Crippen molar-refractivity contribution in [1.82, 2.24) is 0 Å². The monoisotopic (exact) mass is 174 g/mol. The van der Waals surface area contributed by atoms with Gasteiger partial charge in [0.05, 0.1) is 0 Å². The van der Waals surface area contributed by atoms with Crippen LogP contribution in [0.2, 0.25) is 0 Å². The zero-order chi connectivity index (χ0) is 8.58. The summed E-state index contributed by atoms with van der Waals surface area (Å²) in [6, 6.07) is 0. The first kappa shape index (κ1) is 10.1. The molecule has 0 aliphatic carbocycles. The van der Waals surface area contributed by atoms with E-state index in [2.05, 4.69) is 0 Å². The van der Waals surface area contributed by atoms with Gasteiger partial charge in [0.2, 0.25) is 5.13 Å². The van der Waals surface area contributed by atoms with E-state index in [0.717, 1.165) is 0 Å². The molecule has 0 N–H and O–H groups in total. The number of hydrogen-bond acceptors (Lipinski definition) is 0. The third-order valence-electron chi connectivity index (χ3n) is 1.31. The largest absolute Gasteiger partial charge is 0.297 e. The van der Waals surface area contributed by atoms with E-state index in [1.807, 2.05) is 0 Å². The Kier molecular flexibility index (Phi) is 2.63. The minimum atomic E-state index is -3.46. The van der Waals surface area contributed by atoms with E-state index in [-0.39, 0.29) is 0 Å². The predicted octanol–water partition coefficient (Wildman–Crippen LogP) is 3.20. The normalized spacial score (nSPS) is 19.2. The summed E-state index contributed by atoms with van der Waals surface area (Å²) in [5.41, 5.74) is 0. The molecule has 0 saturated heterocycles. The lowest BCUT2D eigenvalue weighted by Crippen LogP contribution is -2.41. The van der Waals surface area contributed by atoms with E-state index < -0.39 is 17.0 Å². The standard InChI is InChI=1S/C6H10ClF3/c1-4(2)6(9,10)5(3,7)8/h4H,1-3H3. The highest BCUT2D eigenvalue weighted by Gasteiger charge is 2.52. The Hall–Kier alpha value is 0.0800. The molecule has 10 heavy (non-hydrogen) atoms. The van der Waals surface area contributed by atoms with Crippen molar-refractivity contribution in [3.8, 4) is 0 Å². The van der Waals surface area contributed by atoms with Crippen LogP contribution in [0.3, 0.4) is 0 Å². The maximum Gasteiger partial charge on any atom is 0.297 e. The van der Waals surface area contributed by atoms with Crippen molar-refractivity contribution in [2.75, 3.05) is 0 Å². The quantitative estimate of drug-likeness (QED) is 0.564. The minimum Gasteiger partial charge on any atom is -0.220 e. The van der Waals surface area contributed by atoms with E-state index >= 15 is 0 Å². The maximum absolute atomic E-state index is 12.5. The summed E-state index contributed by atoms with van der Waals surface area (Å²) >= 11 is 4.80. The first-order chi connectivity index (χ1) is 4.19. The molecule has 0 rings (SSSR count). The zero-order valence-electron chi connectivity index (χ0n) is 6.09. The lowest BCUT2D eigenvalue weighted by molar-refractivity contribution is -0.121. The van der Waals surface area contributed by atoms with Crippen molar-refractivity contribution in [3.05, 3.63) is 0 Å². The van der Waals surface area contributed by atoms with Crippen LogP contribution >= 0.6 is 11.6 Å². The van der Waals surface area contributed by atoms with Crippen LogP contribution in [0.25, 0.3) is 0 Å². The van der Waals surface area contributed by atoms with Crippen LogP contribution in [0.15, 0.2) is 0 Å². The van der Waals surface area contributed by atoms with Gasteiger partial charge in [0.25, 0.3) is 5.92 Å². The van der Waals surface area contributed by atoms with Gasteiger partial charge in [-0.3, -0.25) is 0 Å². The Morgan fingerprint density at radius 3 is 1.50 bits per heavy atom. The summed E-state index contributed by atoms with van der Waals surface area (Å²) in [4.78, 5) is 0. The highest BCUT2D eigenvalue weighted by atomic mass is 35.5. The summed E-state index contributed by atoms with van der Waals surface area (Å²) in [5.74, 6) is -4.55. The van der Waals surface area contributed by atoms with Crippen LogP contribution in [0.4, 0.5) is 13.2 Å². The number of rotatable bonds is 2. The molecule has 0 aromatic rings. The Morgan fingerprint density at radius 1 is 1.20 bits per heavy atom. The van der Waals surface area contributed by atoms with Crippen molar-refractivity contribution in [1.29, 1.82) is 0 Å². The molecule has 0 radical (unpaired) electrons. The molecular formula is C6H10ClF3. The molecule has 0 fully saturated rings. The van der Waals surface area contributed by atoms with Gasteiger partial charge in [-0.25, -0.2) is 13.2 Å². The molecule has 0 bridgehead atoms. The number of halogens is 4. The summed E-state index contributed by atoms with van der Waals surface area (Å²) in [5, 5.41) is -2.94. The third kappa shape index (κ3) is 1.78. The molecule has 62 valence electrons. The second-order valence-electron chi connectivity index (χ2n) is 2.67. The van der Waals surface area contributed by atoms with Crippen molar-refractivity contribution >= 4 is 11.6 Å². The van der Waals surface area contributed by atoms with Gasteiger partial charge in [-0.2, -0.15) is 0 Å². The average Bonchev–Trinajstić information content (AvgIpc) is 1.62. The van der Waals surface area contributed by atoms with Crippen molar-refractivity contribution in [2.45, 2.75) is 31.8 Å². The van der Waals surface area contributed by atoms with Crippen molar-refractivity contribution in [3.63, 3.8) is 0 Å². The molecule has 0 aromatic carbocycles. The lowest BCUT2D eigenvalue weighted by Gasteiger charge is -2.27. The molecule has 0 amide bonds. The molecule has 0 nitrogen and oxygen atoms in total. The van der Waals surface area contributed by atoms with E-state index in [0.29, 0.717) is 6.92 Å². The fourth-order valence-electron chi connectivity index (χ4n) is 0.507. The van der Waals surface area contributed by atoms with Gasteiger partial charge in [0.15, 0.2) is 0 Å². The number of hydrogen-bond donors (Lipinski definition) is 0. The third-order valence-corrected chi connectivity index (χ3v) is 1.56. The molecule has 4 heteroatoms. The van der Waals surface area contributed by atoms with E-state index in [4.69, 9.17) is 11.6 Å². The summed E-state index contributed by atoms with van der Waals surface area (Å²) in [6.07, 6.45) is 0. The predicted molar refractivity (Wildman–Crippen MR) is 35.2 cm³/mol. The van der Waals surface area contributed by atoms with E-state index in [9.17, 15) is 13.2 Å². The Morgan fingerprint density at radius 2 is 1.50 bits per heavy atom. The molecule has 1 unspecified atom stereocenters. The summed E-state index contributed by atoms with van der Waals surface area (Å²) in [6.45, 7) is 3.11. The zero-order valence-corrected chi connectivity index (χ0v) is 6.85. The van der Waals surface area contributed by atoms with E-state index in [1.165, 1.54) is 13.8 Å². The number of alkyl halides is 4.